The average Bonchev–Trinajstić information content (AvgIpc) is 0.864. The number of primary amides is 1. The average molecular weight is 1530 g/mol. The number of benzene rings is 1. The Labute approximate surface area is 608 Å². The van der Waals surface area contributed by atoms with Crippen LogP contribution in [0.4, 0.5) is 0 Å². The molecule has 0 spiro atoms. The van der Waals surface area contributed by atoms with E-state index in [1.165, 1.54) is 45.0 Å². The maximum Gasteiger partial charge on any atom is 0.327 e. The van der Waals surface area contributed by atoms with E-state index < -0.39 is 252 Å². The summed E-state index contributed by atoms with van der Waals surface area (Å²) in [7, 11) is 2.85. The molecule has 4 heterocycles. The van der Waals surface area contributed by atoms with Crippen molar-refractivity contribution >= 4 is 144 Å². The van der Waals surface area contributed by atoms with E-state index >= 15 is 0 Å². The van der Waals surface area contributed by atoms with Crippen molar-refractivity contribution in [3.63, 3.8) is 0 Å². The maximum absolute atomic E-state index is 14.8. The number of phenols is 1. The lowest BCUT2D eigenvalue weighted by molar-refractivity contribution is -0.141. The number of phenolic OH excluding ortho intramolecular Hbond substituents is 1. The molecule has 1 aromatic carbocycles. The van der Waals surface area contributed by atoms with Crippen LogP contribution in [0.25, 0.3) is 0 Å². The molecule has 0 aliphatic carbocycles. The summed E-state index contributed by atoms with van der Waals surface area (Å²) in [6.07, 6.45) is -5.15. The monoisotopic (exact) mass is 1530 g/mol. The van der Waals surface area contributed by atoms with Gasteiger partial charge in [0.25, 0.3) is 0 Å². The summed E-state index contributed by atoms with van der Waals surface area (Å²) >= 11 is 0. The number of nitrogens with two attached hydrogens (primary N) is 1. The third-order valence-electron chi connectivity index (χ3n) is 15.9. The fourth-order valence-corrected chi connectivity index (χ4v) is 14.4. The molecule has 5 rings (SSSR count). The van der Waals surface area contributed by atoms with Crippen LogP contribution in [0, 0.1) is 5.92 Å². The molecule has 15 amide bonds. The number of aromatic hydroxyl groups is 1. The lowest BCUT2D eigenvalue weighted by Gasteiger charge is -2.30. The molecule has 4 saturated heterocycles. The molecule has 574 valence electrons. The zero-order chi connectivity index (χ0) is 76.2. The Morgan fingerprint density at radius 2 is 1.12 bits per heavy atom. The maximum atomic E-state index is 14.8. The number of aliphatic hydroxyl groups excluding tert-OH is 2. The van der Waals surface area contributed by atoms with Gasteiger partial charge in [0.2, 0.25) is 88.6 Å². The van der Waals surface area contributed by atoms with Crippen molar-refractivity contribution in [2.45, 2.75) is 198 Å². The van der Waals surface area contributed by atoms with Gasteiger partial charge >= 0.3 is 11.9 Å². The van der Waals surface area contributed by atoms with Crippen LogP contribution >= 0.6 is 43.2 Å². The largest absolute Gasteiger partial charge is 0.508 e. The Kier molecular flexibility index (Phi) is 37.3. The molecule has 4 aliphatic rings. The molecule has 4 aliphatic heterocycles. The van der Waals surface area contributed by atoms with E-state index in [2.05, 4.69) is 79.8 Å². The van der Waals surface area contributed by atoms with Gasteiger partial charge in [-0.1, -0.05) is 83.0 Å². The van der Waals surface area contributed by atoms with Gasteiger partial charge in [-0.05, 0) is 84.0 Å². The third kappa shape index (κ3) is 29.5. The second kappa shape index (κ2) is 43.4. The first kappa shape index (κ1) is 88.5. The standard InChI is InChI=1S/C60H90N16O22S4.CH4/c1-8-25(2)44-58(95)72-37-21-101-102-24-40(60(97)98)67-42(81)20-63-57(94)45(29(6)77)75-56(93)39(71-49(86)27(4)64-47(84)26(3)65-52(89)35(18-31-11-13-32(79)14-12-31)69-48(85)28(5)66-54(37)91)23-100-99-22-38(55(92)68-34(51(88)74-44)15-16-43(82)83)73-59(96)46(30(7)78)76-53(90)36(19-41(61)80)70-50(87)33-10-9-17-62-33;/h11-14,25-30,33-40,44-46,62,77-79H,8-10,15-24H2,1-7H3,(H2,61,80)(H,63,94)(H,64,84)(H,65,89)(H,66,91)(H,67,81)(H,68,92)(H,69,85)(H,70,87)(H,71,86)(H,72,95)(H,73,96)(H,74,88)(H,75,93)(H,76,90)(H,82,83)(H,97,98);1H4. The predicted molar refractivity (Wildman–Crippen MR) is 376 cm³/mol. The third-order valence-corrected chi connectivity index (χ3v) is 20.8. The molecule has 17 atom stereocenters. The van der Waals surface area contributed by atoms with Gasteiger partial charge in [0.1, 0.15) is 84.3 Å². The molecule has 38 nitrogen and oxygen atoms in total. The predicted octanol–water partition coefficient (Wildman–Crippen LogP) is -6.78. The van der Waals surface area contributed by atoms with E-state index in [9.17, 15) is 107 Å². The van der Waals surface area contributed by atoms with Gasteiger partial charge in [-0.25, -0.2) is 4.79 Å². The minimum Gasteiger partial charge on any atom is -0.508 e. The molecule has 2 bridgehead atoms. The zero-order valence-electron chi connectivity index (χ0n) is 56.7. The number of aliphatic carboxylic acids is 2. The lowest BCUT2D eigenvalue weighted by Crippen LogP contribution is -2.62. The van der Waals surface area contributed by atoms with Gasteiger partial charge in [-0.3, -0.25) is 76.7 Å². The summed E-state index contributed by atoms with van der Waals surface area (Å²) in [5.41, 5.74) is 5.79. The number of carbonyl (C=O) groups is 17. The van der Waals surface area contributed by atoms with Crippen molar-refractivity contribution in [1.82, 2.24) is 79.8 Å². The van der Waals surface area contributed by atoms with Crippen LogP contribution in [-0.2, 0) is 87.9 Å². The fourth-order valence-electron chi connectivity index (χ4n) is 9.74. The summed E-state index contributed by atoms with van der Waals surface area (Å²) in [4.78, 5) is 235. The molecular formula is C61H94N16O22S4. The van der Waals surface area contributed by atoms with Crippen molar-refractivity contribution in [2.24, 2.45) is 11.7 Å². The van der Waals surface area contributed by atoms with Crippen molar-refractivity contribution in [2.75, 3.05) is 36.1 Å². The first-order chi connectivity index (χ1) is 48.0. The Hall–Kier alpha value is -8.71. The van der Waals surface area contributed by atoms with E-state index in [0.717, 1.165) is 42.4 Å². The quantitative estimate of drug-likeness (QED) is 0.0480. The molecule has 22 N–H and O–H groups in total. The second-order valence-electron chi connectivity index (χ2n) is 24.3. The number of aliphatic hydroxyl groups is 2. The molecule has 4 fully saturated rings. The smallest absolute Gasteiger partial charge is 0.327 e. The summed E-state index contributed by atoms with van der Waals surface area (Å²) in [6, 6.07) is -17.9. The number of nitrogens with one attached hydrogen (secondary N) is 15. The van der Waals surface area contributed by atoms with Crippen LogP contribution in [0.1, 0.15) is 100.0 Å². The number of carboxylic acids is 2. The highest BCUT2D eigenvalue weighted by Crippen LogP contribution is 2.26. The highest BCUT2D eigenvalue weighted by atomic mass is 33.1. The van der Waals surface area contributed by atoms with Gasteiger partial charge in [-0.2, -0.15) is 0 Å². The Morgan fingerprint density at radius 3 is 1.67 bits per heavy atom. The molecule has 1 aromatic rings. The minimum absolute atomic E-state index is 0. The van der Waals surface area contributed by atoms with Crippen molar-refractivity contribution in [1.29, 1.82) is 0 Å². The topological polar surface area (TPSA) is 598 Å². The van der Waals surface area contributed by atoms with Gasteiger partial charge in [0, 0.05) is 35.9 Å². The van der Waals surface area contributed by atoms with E-state index in [1.807, 2.05) is 0 Å². The molecule has 0 aromatic heterocycles. The Morgan fingerprint density at radius 1 is 0.592 bits per heavy atom. The van der Waals surface area contributed by atoms with Crippen LogP contribution < -0.4 is 85.5 Å². The van der Waals surface area contributed by atoms with Crippen molar-refractivity contribution in [3.05, 3.63) is 29.8 Å². The molecular weight excluding hydrogens is 1440 g/mol. The zero-order valence-corrected chi connectivity index (χ0v) is 60.0. The lowest BCUT2D eigenvalue weighted by atomic mass is 9.97. The molecule has 103 heavy (non-hydrogen) atoms. The summed E-state index contributed by atoms with van der Waals surface area (Å²) in [5, 5.41) is 88.1. The van der Waals surface area contributed by atoms with Crippen molar-refractivity contribution < 1.29 is 107 Å². The van der Waals surface area contributed by atoms with Crippen molar-refractivity contribution in [3.8, 4) is 5.75 Å². The first-order valence-electron chi connectivity index (χ1n) is 32.3. The normalized spacial score (nSPS) is 27.0. The number of hydrogen-bond donors (Lipinski definition) is 21. The number of amides is 15. The SMILES string of the molecule is C.CCC(C)C1NC(=O)C(CCC(=O)O)NC(=O)C(NC(=O)C(NC(=O)C(CC(N)=O)NC(=O)C2CCCN2)C(C)O)CSSCC2NC(=O)C(C)NC(=O)C(C)NC(=O)C(Cc3ccc(O)cc3)NC(=O)C(C)NC(=O)C(CSSCC(C(=O)O)NC(=O)CNC(=O)C(C(C)O)NC2=O)NC1=O. The van der Waals surface area contributed by atoms with Crippen LogP contribution in [0.3, 0.4) is 0 Å². The van der Waals surface area contributed by atoms with Crippen LogP contribution in [0.2, 0.25) is 0 Å². The Balaban J connectivity index is 0.0000276. The van der Waals surface area contributed by atoms with E-state index in [0.29, 0.717) is 46.5 Å². The van der Waals surface area contributed by atoms with E-state index in [4.69, 9.17) is 5.73 Å². The van der Waals surface area contributed by atoms with E-state index in [1.54, 1.807) is 6.92 Å². The Bertz CT molecular complexity index is 3230. The van der Waals surface area contributed by atoms with E-state index in [-0.39, 0.29) is 26.0 Å². The van der Waals surface area contributed by atoms with Crippen LogP contribution in [-0.4, -0.2) is 259 Å². The number of fused-ring (bicyclic) bond motifs is 37. The minimum atomic E-state index is -2.02. The number of carbonyl (C=O) groups excluding carboxylic acids is 15. The van der Waals surface area contributed by atoms with Gasteiger partial charge in [0.15, 0.2) is 0 Å². The molecule has 42 heteroatoms. The fraction of sp³-hybridized carbons (Fsp3) is 0.623. The van der Waals surface area contributed by atoms with Gasteiger partial charge in [-0.15, -0.1) is 0 Å². The number of carboxylic acid groups (broad SMARTS) is 2. The number of hydrogen-bond acceptors (Lipinski definition) is 25. The van der Waals surface area contributed by atoms with Gasteiger partial charge in [0.05, 0.1) is 31.2 Å². The highest BCUT2D eigenvalue weighted by Gasteiger charge is 2.40. The van der Waals surface area contributed by atoms with Crippen LogP contribution in [0.5, 0.6) is 5.75 Å². The highest BCUT2D eigenvalue weighted by molar-refractivity contribution is 8.77. The first-order valence-corrected chi connectivity index (χ1v) is 37.3. The summed E-state index contributed by atoms with van der Waals surface area (Å²) < 4.78 is 0. The number of rotatable bonds is 18. The van der Waals surface area contributed by atoms with Gasteiger partial charge < -0.3 is 111 Å². The second-order valence-corrected chi connectivity index (χ2v) is 29.4. The van der Waals surface area contributed by atoms with Crippen LogP contribution in [0.15, 0.2) is 24.3 Å². The molecule has 0 radical (unpaired) electrons. The summed E-state index contributed by atoms with van der Waals surface area (Å²) in [5.74, 6) is -22.9. The summed E-state index contributed by atoms with van der Waals surface area (Å²) in [6.45, 7) is 8.30. The molecule has 0 saturated carbocycles. The molecule has 17 unspecified atom stereocenters.